The number of hydrogen-bond acceptors (Lipinski definition) is 3. The highest BCUT2D eigenvalue weighted by Crippen LogP contribution is 2.05. The minimum atomic E-state index is -0.422. The van der Waals surface area contributed by atoms with Crippen LogP contribution in [0, 0.1) is 0 Å². The number of nitrogens with one attached hydrogen (secondary N) is 1. The molecule has 1 aliphatic rings. The van der Waals surface area contributed by atoms with Crippen molar-refractivity contribution in [1.82, 2.24) is 10.2 Å². The van der Waals surface area contributed by atoms with Crippen LogP contribution in [0.2, 0.25) is 0 Å². The van der Waals surface area contributed by atoms with Gasteiger partial charge in [0.25, 0.3) is 0 Å². The molecule has 1 saturated heterocycles. The molecule has 10 heavy (non-hydrogen) atoms. The van der Waals surface area contributed by atoms with Gasteiger partial charge in [-0.15, -0.1) is 0 Å². The van der Waals surface area contributed by atoms with E-state index < -0.39 is 6.35 Å². The van der Waals surface area contributed by atoms with Crippen molar-refractivity contribution in [3.8, 4) is 0 Å². The third kappa shape index (κ3) is 1.68. The molecule has 2 N–H and O–H groups in total. The first kappa shape index (κ1) is 7.98. The molecule has 1 rings (SSSR count). The number of aliphatic hydroxyl groups is 1. The Bertz CT molecular complexity index is 106. The van der Waals surface area contributed by atoms with E-state index in [9.17, 15) is 5.11 Å². The van der Waals surface area contributed by atoms with Crippen LogP contribution in [0.5, 0.6) is 0 Å². The van der Waals surface area contributed by atoms with Crippen LogP contribution in [-0.2, 0) is 0 Å². The normalized spacial score (nSPS) is 29.4. The van der Waals surface area contributed by atoms with Crippen molar-refractivity contribution >= 4 is 0 Å². The number of rotatable bonds is 1. The fourth-order valence-electron chi connectivity index (χ4n) is 1.27. The van der Waals surface area contributed by atoms with Crippen LogP contribution in [-0.4, -0.2) is 35.5 Å². The van der Waals surface area contributed by atoms with Crippen molar-refractivity contribution in [1.29, 1.82) is 0 Å². The van der Waals surface area contributed by atoms with Crippen LogP contribution >= 0.6 is 0 Å². The Labute approximate surface area is 62.0 Å². The zero-order chi connectivity index (χ0) is 7.56. The summed E-state index contributed by atoms with van der Waals surface area (Å²) in [5, 5.41) is 12.3. The summed E-state index contributed by atoms with van der Waals surface area (Å²) in [5.74, 6) is 0. The number of nitrogens with zero attached hydrogens (tertiary/aromatic N) is 1. The second-order valence-electron chi connectivity index (χ2n) is 3.01. The van der Waals surface area contributed by atoms with Crippen LogP contribution in [0.15, 0.2) is 0 Å². The molecule has 1 aliphatic heterocycles. The van der Waals surface area contributed by atoms with E-state index in [-0.39, 0.29) is 0 Å². The average Bonchev–Trinajstić information content (AvgIpc) is 1.88. The Hall–Kier alpha value is -0.120. The lowest BCUT2D eigenvalue weighted by atomic mass is 10.2. The molecule has 0 aliphatic carbocycles. The lowest BCUT2D eigenvalue weighted by molar-refractivity contribution is -0.0581. The second-order valence-corrected chi connectivity index (χ2v) is 3.01. The van der Waals surface area contributed by atoms with Crippen molar-refractivity contribution in [2.24, 2.45) is 0 Å². The fraction of sp³-hybridized carbons (Fsp3) is 1.00. The molecule has 3 nitrogen and oxygen atoms in total. The molecule has 0 aromatic carbocycles. The quantitative estimate of drug-likeness (QED) is 0.542. The molecule has 0 aromatic rings. The van der Waals surface area contributed by atoms with E-state index in [1.807, 2.05) is 4.90 Å². The van der Waals surface area contributed by atoms with Crippen molar-refractivity contribution in [3.05, 3.63) is 0 Å². The zero-order valence-corrected chi connectivity index (χ0v) is 6.67. The van der Waals surface area contributed by atoms with E-state index in [0.717, 1.165) is 19.5 Å². The lowest BCUT2D eigenvalue weighted by Gasteiger charge is -2.35. The maximum atomic E-state index is 9.35. The van der Waals surface area contributed by atoms with Gasteiger partial charge in [-0.05, 0) is 26.8 Å². The van der Waals surface area contributed by atoms with Crippen LogP contribution in [0.1, 0.15) is 20.3 Å². The van der Waals surface area contributed by atoms with Crippen molar-refractivity contribution < 1.29 is 5.11 Å². The summed E-state index contributed by atoms with van der Waals surface area (Å²) in [6, 6.07) is 0.433. The van der Waals surface area contributed by atoms with Gasteiger partial charge in [0.1, 0.15) is 0 Å². The first-order valence-corrected chi connectivity index (χ1v) is 3.89. The Morgan fingerprint density at radius 3 is 2.70 bits per heavy atom. The number of aliphatic hydroxyl groups excluding tert-OH is 1. The van der Waals surface area contributed by atoms with E-state index >= 15 is 0 Å². The standard InChI is InChI=1S/C7H16N2O/c1-6(2)9-5-3-4-8-7(9)10/h6-8,10H,3-5H2,1-2H3. The minimum Gasteiger partial charge on any atom is -0.365 e. The SMILES string of the molecule is CC(C)N1CCCNC1O. The van der Waals surface area contributed by atoms with Gasteiger partial charge >= 0.3 is 0 Å². The highest BCUT2D eigenvalue weighted by atomic mass is 16.3. The molecule has 0 amide bonds. The summed E-state index contributed by atoms with van der Waals surface area (Å²) in [5.41, 5.74) is 0. The van der Waals surface area contributed by atoms with E-state index in [1.54, 1.807) is 0 Å². The third-order valence-electron chi connectivity index (χ3n) is 1.90. The molecule has 0 radical (unpaired) electrons. The lowest BCUT2D eigenvalue weighted by Crippen LogP contribution is -2.53. The molecule has 1 fully saturated rings. The molecule has 1 atom stereocenters. The maximum Gasteiger partial charge on any atom is 0.163 e. The highest BCUT2D eigenvalue weighted by molar-refractivity contribution is 4.70. The van der Waals surface area contributed by atoms with Gasteiger partial charge in [-0.3, -0.25) is 10.2 Å². The van der Waals surface area contributed by atoms with Crippen molar-refractivity contribution in [2.45, 2.75) is 32.7 Å². The second kappa shape index (κ2) is 3.32. The first-order valence-electron chi connectivity index (χ1n) is 3.89. The van der Waals surface area contributed by atoms with Gasteiger partial charge in [-0.2, -0.15) is 0 Å². The summed E-state index contributed by atoms with van der Waals surface area (Å²) in [6.07, 6.45) is 0.712. The van der Waals surface area contributed by atoms with Gasteiger partial charge in [0.15, 0.2) is 6.35 Å². The van der Waals surface area contributed by atoms with Crippen LogP contribution in [0.3, 0.4) is 0 Å². The Kier molecular flexibility index (Phi) is 2.65. The Morgan fingerprint density at radius 2 is 2.30 bits per heavy atom. The molecular weight excluding hydrogens is 128 g/mol. The molecule has 0 aromatic heterocycles. The average molecular weight is 144 g/mol. The van der Waals surface area contributed by atoms with Crippen molar-refractivity contribution in [2.75, 3.05) is 13.1 Å². The summed E-state index contributed by atoms with van der Waals surface area (Å²) in [7, 11) is 0. The van der Waals surface area contributed by atoms with Crippen LogP contribution < -0.4 is 5.32 Å². The van der Waals surface area contributed by atoms with Gasteiger partial charge in [0, 0.05) is 12.6 Å². The number of hydrogen-bond donors (Lipinski definition) is 2. The minimum absolute atomic E-state index is 0.422. The summed E-state index contributed by atoms with van der Waals surface area (Å²) in [4.78, 5) is 2.05. The molecule has 0 saturated carbocycles. The predicted molar refractivity (Wildman–Crippen MR) is 40.5 cm³/mol. The summed E-state index contributed by atoms with van der Waals surface area (Å²) in [6.45, 7) is 6.13. The third-order valence-corrected chi connectivity index (χ3v) is 1.90. The Morgan fingerprint density at radius 1 is 1.60 bits per heavy atom. The van der Waals surface area contributed by atoms with Crippen LogP contribution in [0.25, 0.3) is 0 Å². The topological polar surface area (TPSA) is 35.5 Å². The first-order chi connectivity index (χ1) is 4.72. The monoisotopic (exact) mass is 144 g/mol. The maximum absolute atomic E-state index is 9.35. The largest absolute Gasteiger partial charge is 0.365 e. The molecule has 1 unspecified atom stereocenters. The smallest absolute Gasteiger partial charge is 0.163 e. The molecule has 0 spiro atoms. The molecular formula is C7H16N2O. The van der Waals surface area contributed by atoms with E-state index in [2.05, 4.69) is 19.2 Å². The van der Waals surface area contributed by atoms with E-state index in [0.29, 0.717) is 6.04 Å². The molecule has 3 heteroatoms. The molecule has 0 bridgehead atoms. The zero-order valence-electron chi connectivity index (χ0n) is 6.67. The van der Waals surface area contributed by atoms with Gasteiger partial charge in [-0.25, -0.2) is 0 Å². The van der Waals surface area contributed by atoms with Gasteiger partial charge in [0.2, 0.25) is 0 Å². The molecule has 60 valence electrons. The van der Waals surface area contributed by atoms with E-state index in [4.69, 9.17) is 0 Å². The van der Waals surface area contributed by atoms with Crippen molar-refractivity contribution in [3.63, 3.8) is 0 Å². The molecule has 1 heterocycles. The van der Waals surface area contributed by atoms with Gasteiger partial charge in [-0.1, -0.05) is 0 Å². The predicted octanol–water partition coefficient (Wildman–Crippen LogP) is -0.0340. The van der Waals surface area contributed by atoms with Gasteiger partial charge in [0.05, 0.1) is 0 Å². The summed E-state index contributed by atoms with van der Waals surface area (Å²) < 4.78 is 0. The van der Waals surface area contributed by atoms with Crippen LogP contribution in [0.4, 0.5) is 0 Å². The summed E-state index contributed by atoms with van der Waals surface area (Å²) >= 11 is 0. The highest BCUT2D eigenvalue weighted by Gasteiger charge is 2.20. The van der Waals surface area contributed by atoms with E-state index in [1.165, 1.54) is 0 Å². The Balaban J connectivity index is 2.40. The fourth-order valence-corrected chi connectivity index (χ4v) is 1.27. The van der Waals surface area contributed by atoms with Gasteiger partial charge < -0.3 is 5.11 Å².